The molecular weight excluding hydrogens is 290 g/mol. The van der Waals surface area contributed by atoms with Crippen LogP contribution < -0.4 is 10.2 Å². The van der Waals surface area contributed by atoms with Gasteiger partial charge in [-0.2, -0.15) is 0 Å². The van der Waals surface area contributed by atoms with E-state index in [1.54, 1.807) is 6.20 Å². The number of hydrogen-bond donors (Lipinski definition) is 1. The molecule has 2 aromatic rings. The molecule has 0 saturated heterocycles. The van der Waals surface area contributed by atoms with Crippen molar-refractivity contribution in [3.8, 4) is 0 Å². The highest BCUT2D eigenvalue weighted by atomic mass is 79.9. The molecule has 1 aromatic heterocycles. The predicted octanol–water partition coefficient (Wildman–Crippen LogP) is 3.52. The van der Waals surface area contributed by atoms with E-state index >= 15 is 0 Å². The molecule has 94 valence electrons. The van der Waals surface area contributed by atoms with Gasteiger partial charge in [0.15, 0.2) is 0 Å². The molecule has 0 fully saturated rings. The maximum absolute atomic E-state index is 4.14. The second kappa shape index (κ2) is 5.87. The maximum atomic E-state index is 4.14. The van der Waals surface area contributed by atoms with Crippen LogP contribution >= 0.6 is 15.9 Å². The number of anilines is 2. The summed E-state index contributed by atoms with van der Waals surface area (Å²) in [6.45, 7) is 0.772. The third-order valence-corrected chi connectivity index (χ3v) is 3.08. The van der Waals surface area contributed by atoms with Crippen molar-refractivity contribution in [1.29, 1.82) is 0 Å². The molecule has 1 heterocycles. The fraction of sp³-hybridized carbons (Fsp3) is 0.214. The summed E-state index contributed by atoms with van der Waals surface area (Å²) in [5, 5.41) is 3.37. The van der Waals surface area contributed by atoms with Crippen molar-refractivity contribution in [2.24, 2.45) is 0 Å². The van der Waals surface area contributed by atoms with E-state index < -0.39 is 0 Å². The average molecular weight is 306 g/mol. The van der Waals surface area contributed by atoms with Gasteiger partial charge in [-0.25, -0.2) is 0 Å². The van der Waals surface area contributed by atoms with Gasteiger partial charge in [-0.05, 0) is 51.8 Å². The summed E-state index contributed by atoms with van der Waals surface area (Å²) in [5.74, 6) is 0. The van der Waals surface area contributed by atoms with Crippen LogP contribution in [0.2, 0.25) is 0 Å². The Bertz CT molecular complexity index is 509. The highest BCUT2D eigenvalue weighted by molar-refractivity contribution is 9.10. The van der Waals surface area contributed by atoms with Crippen LogP contribution in [0.25, 0.3) is 0 Å². The lowest BCUT2D eigenvalue weighted by molar-refractivity contribution is 1.10. The number of halogens is 1. The minimum Gasteiger partial charge on any atom is -0.381 e. The number of pyridine rings is 1. The van der Waals surface area contributed by atoms with Crippen LogP contribution in [0.5, 0.6) is 0 Å². The second-order valence-corrected chi connectivity index (χ2v) is 5.22. The van der Waals surface area contributed by atoms with Gasteiger partial charge in [-0.1, -0.05) is 0 Å². The SMILES string of the molecule is CN(C)c1ccc(NCc2cncc(Br)c2)cc1. The van der Waals surface area contributed by atoms with Gasteiger partial charge in [0.2, 0.25) is 0 Å². The molecule has 2 rings (SSSR count). The van der Waals surface area contributed by atoms with E-state index in [-0.39, 0.29) is 0 Å². The van der Waals surface area contributed by atoms with Crippen molar-refractivity contribution in [3.63, 3.8) is 0 Å². The van der Waals surface area contributed by atoms with Crippen LogP contribution in [0.1, 0.15) is 5.56 Å². The first-order chi connectivity index (χ1) is 8.65. The Morgan fingerprint density at radius 1 is 1.17 bits per heavy atom. The van der Waals surface area contributed by atoms with E-state index in [2.05, 4.69) is 61.5 Å². The Kier molecular flexibility index (Phi) is 4.20. The number of aromatic nitrogens is 1. The molecule has 0 aliphatic heterocycles. The number of nitrogens with one attached hydrogen (secondary N) is 1. The molecule has 0 aliphatic carbocycles. The molecule has 0 atom stereocenters. The zero-order valence-electron chi connectivity index (χ0n) is 10.5. The number of rotatable bonds is 4. The average Bonchev–Trinajstić information content (AvgIpc) is 2.37. The summed E-state index contributed by atoms with van der Waals surface area (Å²) in [5.41, 5.74) is 3.46. The molecule has 0 radical (unpaired) electrons. The summed E-state index contributed by atoms with van der Waals surface area (Å²) in [6.07, 6.45) is 3.65. The van der Waals surface area contributed by atoms with E-state index in [0.717, 1.165) is 22.3 Å². The van der Waals surface area contributed by atoms with Gasteiger partial charge >= 0.3 is 0 Å². The topological polar surface area (TPSA) is 28.2 Å². The molecule has 0 bridgehead atoms. The number of hydrogen-bond acceptors (Lipinski definition) is 3. The van der Waals surface area contributed by atoms with Crippen molar-refractivity contribution in [1.82, 2.24) is 4.98 Å². The Hall–Kier alpha value is -1.55. The quantitative estimate of drug-likeness (QED) is 0.937. The molecule has 0 saturated carbocycles. The molecular formula is C14H16BrN3. The largest absolute Gasteiger partial charge is 0.381 e. The summed E-state index contributed by atoms with van der Waals surface area (Å²) in [6, 6.07) is 10.4. The first-order valence-corrected chi connectivity index (χ1v) is 6.55. The lowest BCUT2D eigenvalue weighted by Gasteiger charge is -2.13. The first-order valence-electron chi connectivity index (χ1n) is 5.76. The third-order valence-electron chi connectivity index (χ3n) is 2.64. The summed E-state index contributed by atoms with van der Waals surface area (Å²) in [4.78, 5) is 6.23. The van der Waals surface area contributed by atoms with Crippen LogP contribution in [0, 0.1) is 0 Å². The summed E-state index contributed by atoms with van der Waals surface area (Å²) >= 11 is 3.42. The van der Waals surface area contributed by atoms with E-state index in [1.165, 1.54) is 5.69 Å². The lowest BCUT2D eigenvalue weighted by atomic mass is 10.2. The van der Waals surface area contributed by atoms with Crippen LogP contribution in [-0.2, 0) is 6.54 Å². The van der Waals surface area contributed by atoms with Crippen LogP contribution in [-0.4, -0.2) is 19.1 Å². The van der Waals surface area contributed by atoms with Crippen molar-refractivity contribution in [2.45, 2.75) is 6.54 Å². The van der Waals surface area contributed by atoms with Crippen molar-refractivity contribution >= 4 is 27.3 Å². The van der Waals surface area contributed by atoms with Crippen molar-refractivity contribution in [3.05, 3.63) is 52.8 Å². The van der Waals surface area contributed by atoms with Gasteiger partial charge in [0.1, 0.15) is 0 Å². The van der Waals surface area contributed by atoms with Gasteiger partial charge < -0.3 is 10.2 Å². The Labute approximate surface area is 116 Å². The highest BCUT2D eigenvalue weighted by Crippen LogP contribution is 2.17. The zero-order chi connectivity index (χ0) is 13.0. The number of benzene rings is 1. The third kappa shape index (κ3) is 3.47. The molecule has 1 aromatic carbocycles. The molecule has 0 spiro atoms. The Morgan fingerprint density at radius 2 is 1.89 bits per heavy atom. The van der Waals surface area contributed by atoms with E-state index in [4.69, 9.17) is 0 Å². The van der Waals surface area contributed by atoms with Gasteiger partial charge in [0, 0.05) is 48.9 Å². The number of nitrogens with zero attached hydrogens (tertiary/aromatic N) is 2. The predicted molar refractivity (Wildman–Crippen MR) is 80.0 cm³/mol. The highest BCUT2D eigenvalue weighted by Gasteiger charge is 1.97. The minimum atomic E-state index is 0.772. The standard InChI is InChI=1S/C14H16BrN3/c1-18(2)14-5-3-13(4-6-14)17-9-11-7-12(15)10-16-8-11/h3-8,10,17H,9H2,1-2H3. The van der Waals surface area contributed by atoms with Crippen molar-refractivity contribution < 1.29 is 0 Å². The summed E-state index contributed by atoms with van der Waals surface area (Å²) in [7, 11) is 4.07. The second-order valence-electron chi connectivity index (χ2n) is 4.31. The normalized spacial score (nSPS) is 10.2. The molecule has 0 aliphatic rings. The van der Waals surface area contributed by atoms with Gasteiger partial charge in [-0.15, -0.1) is 0 Å². The molecule has 0 unspecified atom stereocenters. The Balaban J connectivity index is 1.98. The smallest absolute Gasteiger partial charge is 0.0416 e. The molecule has 18 heavy (non-hydrogen) atoms. The molecule has 3 nitrogen and oxygen atoms in total. The van der Waals surface area contributed by atoms with Crippen LogP contribution in [0.3, 0.4) is 0 Å². The van der Waals surface area contributed by atoms with E-state index in [9.17, 15) is 0 Å². The fourth-order valence-electron chi connectivity index (χ4n) is 1.63. The molecule has 0 amide bonds. The van der Waals surface area contributed by atoms with Gasteiger partial charge in [-0.3, -0.25) is 4.98 Å². The lowest BCUT2D eigenvalue weighted by Crippen LogP contribution is -2.08. The van der Waals surface area contributed by atoms with E-state index in [1.807, 2.05) is 20.3 Å². The minimum absolute atomic E-state index is 0.772. The molecule has 4 heteroatoms. The van der Waals surface area contributed by atoms with Gasteiger partial charge in [0.25, 0.3) is 0 Å². The van der Waals surface area contributed by atoms with Crippen LogP contribution in [0.15, 0.2) is 47.2 Å². The van der Waals surface area contributed by atoms with Crippen LogP contribution in [0.4, 0.5) is 11.4 Å². The fourth-order valence-corrected chi connectivity index (χ4v) is 2.05. The zero-order valence-corrected chi connectivity index (χ0v) is 12.1. The first kappa shape index (κ1) is 12.9. The Morgan fingerprint density at radius 3 is 2.50 bits per heavy atom. The van der Waals surface area contributed by atoms with E-state index in [0.29, 0.717) is 0 Å². The van der Waals surface area contributed by atoms with Crippen molar-refractivity contribution in [2.75, 3.05) is 24.3 Å². The summed E-state index contributed by atoms with van der Waals surface area (Å²) < 4.78 is 1.00. The molecule has 1 N–H and O–H groups in total. The van der Waals surface area contributed by atoms with Gasteiger partial charge in [0.05, 0.1) is 0 Å². The maximum Gasteiger partial charge on any atom is 0.0416 e. The monoisotopic (exact) mass is 305 g/mol.